The second-order valence-corrected chi connectivity index (χ2v) is 7.04. The number of benzene rings is 1. The van der Waals surface area contributed by atoms with E-state index in [1.807, 2.05) is 32.9 Å². The Hall–Kier alpha value is -1.58. The van der Waals surface area contributed by atoms with Crippen LogP contribution in [0.4, 0.5) is 9.18 Å². The van der Waals surface area contributed by atoms with Crippen LogP contribution in [-0.2, 0) is 4.74 Å². The number of carbonyl (C=O) groups is 1. The van der Waals surface area contributed by atoms with Gasteiger partial charge >= 0.3 is 6.09 Å². The lowest BCUT2D eigenvalue weighted by Crippen LogP contribution is -2.45. The zero-order valence-electron chi connectivity index (χ0n) is 13.9. The van der Waals surface area contributed by atoms with Gasteiger partial charge in [-0.15, -0.1) is 0 Å². The topological polar surface area (TPSA) is 29.5 Å². The van der Waals surface area contributed by atoms with E-state index in [9.17, 15) is 9.18 Å². The molecular weight excluding hydrogens is 281 g/mol. The highest BCUT2D eigenvalue weighted by molar-refractivity contribution is 5.68. The van der Waals surface area contributed by atoms with E-state index in [0.717, 1.165) is 24.9 Å². The van der Waals surface area contributed by atoms with Gasteiger partial charge in [-0.1, -0.05) is 25.5 Å². The van der Waals surface area contributed by atoms with Crippen LogP contribution in [-0.4, -0.2) is 29.7 Å². The number of halogens is 1. The number of nitrogens with zero attached hydrogens (tertiary/aromatic N) is 1. The summed E-state index contributed by atoms with van der Waals surface area (Å²) in [7, 11) is 0. The van der Waals surface area contributed by atoms with E-state index in [4.69, 9.17) is 4.74 Å². The van der Waals surface area contributed by atoms with E-state index >= 15 is 0 Å². The van der Waals surface area contributed by atoms with Crippen LogP contribution in [0.25, 0.3) is 0 Å². The molecule has 1 heterocycles. The van der Waals surface area contributed by atoms with Crippen molar-refractivity contribution < 1.29 is 13.9 Å². The molecule has 0 N–H and O–H groups in total. The summed E-state index contributed by atoms with van der Waals surface area (Å²) < 4.78 is 18.6. The van der Waals surface area contributed by atoms with Crippen LogP contribution < -0.4 is 0 Å². The van der Waals surface area contributed by atoms with Crippen LogP contribution in [0.3, 0.4) is 0 Å². The first-order valence-corrected chi connectivity index (χ1v) is 8.03. The molecule has 0 spiro atoms. The van der Waals surface area contributed by atoms with Crippen molar-refractivity contribution in [3.63, 3.8) is 0 Å². The number of carbonyl (C=O) groups excluding carboxylic acids is 1. The van der Waals surface area contributed by atoms with Gasteiger partial charge in [0.2, 0.25) is 0 Å². The summed E-state index contributed by atoms with van der Waals surface area (Å²) >= 11 is 0. The number of hydrogen-bond acceptors (Lipinski definition) is 2. The third-order valence-corrected chi connectivity index (χ3v) is 4.23. The van der Waals surface area contributed by atoms with E-state index < -0.39 is 5.60 Å². The zero-order chi connectivity index (χ0) is 16.3. The molecule has 0 bridgehead atoms. The number of likely N-dealkylation sites (tertiary alicyclic amines) is 1. The predicted molar refractivity (Wildman–Crippen MR) is 85.3 cm³/mol. The molecular formula is C18H26FNO2. The van der Waals surface area contributed by atoms with E-state index in [1.165, 1.54) is 12.1 Å². The molecule has 1 aliphatic rings. The van der Waals surface area contributed by atoms with Crippen molar-refractivity contribution in [3.05, 3.63) is 35.6 Å². The second kappa shape index (κ2) is 6.67. The average Bonchev–Trinajstić information content (AvgIpc) is 2.45. The van der Waals surface area contributed by atoms with Crippen molar-refractivity contribution in [2.24, 2.45) is 5.92 Å². The van der Waals surface area contributed by atoms with E-state index in [0.29, 0.717) is 12.5 Å². The smallest absolute Gasteiger partial charge is 0.410 e. The Morgan fingerprint density at radius 2 is 1.95 bits per heavy atom. The lowest BCUT2D eigenvalue weighted by atomic mass is 9.79. The molecule has 1 aromatic rings. The largest absolute Gasteiger partial charge is 0.444 e. The van der Waals surface area contributed by atoms with Gasteiger partial charge in [-0.25, -0.2) is 9.18 Å². The quantitative estimate of drug-likeness (QED) is 0.800. The molecule has 1 fully saturated rings. The Bertz CT molecular complexity index is 507. The number of hydrogen-bond donors (Lipinski definition) is 0. The standard InChI is InChI=1S/C18H26FNO2/c1-5-13-10-11-20(17(21)22-18(2,3)4)12-16(13)14-6-8-15(19)9-7-14/h6-9,13,16H,5,10-12H2,1-4H3. The minimum absolute atomic E-state index is 0.225. The number of amides is 1. The minimum Gasteiger partial charge on any atom is -0.444 e. The molecule has 2 unspecified atom stereocenters. The molecule has 0 saturated carbocycles. The summed E-state index contributed by atoms with van der Waals surface area (Å²) in [5.74, 6) is 0.535. The van der Waals surface area contributed by atoms with Gasteiger partial charge in [0.1, 0.15) is 11.4 Å². The van der Waals surface area contributed by atoms with E-state index in [-0.39, 0.29) is 17.8 Å². The fraction of sp³-hybridized carbons (Fsp3) is 0.611. The van der Waals surface area contributed by atoms with Gasteiger partial charge in [-0.05, 0) is 50.8 Å². The Kier molecular flexibility index (Phi) is 5.09. The summed E-state index contributed by atoms with van der Waals surface area (Å²) in [6.45, 7) is 9.16. The Labute approximate surface area is 132 Å². The molecule has 3 nitrogen and oxygen atoms in total. The van der Waals surface area contributed by atoms with Gasteiger partial charge in [-0.3, -0.25) is 0 Å². The van der Waals surface area contributed by atoms with Gasteiger partial charge in [0.25, 0.3) is 0 Å². The number of rotatable bonds is 2. The first-order valence-electron chi connectivity index (χ1n) is 8.03. The van der Waals surface area contributed by atoms with Crippen molar-refractivity contribution in [2.75, 3.05) is 13.1 Å². The highest BCUT2D eigenvalue weighted by Crippen LogP contribution is 2.35. The fourth-order valence-electron chi connectivity index (χ4n) is 3.07. The fourth-order valence-corrected chi connectivity index (χ4v) is 3.07. The highest BCUT2D eigenvalue weighted by atomic mass is 19.1. The van der Waals surface area contributed by atoms with E-state index in [2.05, 4.69) is 6.92 Å². The first-order chi connectivity index (χ1) is 10.3. The van der Waals surface area contributed by atoms with Gasteiger partial charge in [0, 0.05) is 19.0 Å². The van der Waals surface area contributed by atoms with Crippen molar-refractivity contribution in [1.82, 2.24) is 4.90 Å². The van der Waals surface area contributed by atoms with Crippen LogP contribution in [0, 0.1) is 11.7 Å². The average molecular weight is 307 g/mol. The summed E-state index contributed by atoms with van der Waals surface area (Å²) in [4.78, 5) is 14.1. The van der Waals surface area contributed by atoms with Gasteiger partial charge in [-0.2, -0.15) is 0 Å². The third-order valence-electron chi connectivity index (χ3n) is 4.23. The molecule has 1 aliphatic heterocycles. The predicted octanol–water partition coefficient (Wildman–Crippen LogP) is 4.58. The maximum absolute atomic E-state index is 13.1. The zero-order valence-corrected chi connectivity index (χ0v) is 13.9. The third kappa shape index (κ3) is 4.21. The molecule has 1 saturated heterocycles. The van der Waals surface area contributed by atoms with Gasteiger partial charge < -0.3 is 9.64 Å². The Morgan fingerprint density at radius 3 is 2.50 bits per heavy atom. The summed E-state index contributed by atoms with van der Waals surface area (Å²) in [5, 5.41) is 0. The summed E-state index contributed by atoms with van der Waals surface area (Å²) in [6.07, 6.45) is 1.76. The van der Waals surface area contributed by atoms with Crippen LogP contribution >= 0.6 is 0 Å². The Balaban J connectivity index is 2.13. The Morgan fingerprint density at radius 1 is 1.32 bits per heavy atom. The van der Waals surface area contributed by atoms with Crippen molar-refractivity contribution in [2.45, 2.75) is 52.1 Å². The van der Waals surface area contributed by atoms with E-state index in [1.54, 1.807) is 4.90 Å². The summed E-state index contributed by atoms with van der Waals surface area (Å²) in [6, 6.07) is 6.66. The lowest BCUT2D eigenvalue weighted by Gasteiger charge is -2.39. The number of piperidine rings is 1. The second-order valence-electron chi connectivity index (χ2n) is 7.04. The van der Waals surface area contributed by atoms with Crippen molar-refractivity contribution in [3.8, 4) is 0 Å². The molecule has 22 heavy (non-hydrogen) atoms. The molecule has 1 aromatic carbocycles. The molecule has 4 heteroatoms. The van der Waals surface area contributed by atoms with Crippen molar-refractivity contribution >= 4 is 6.09 Å². The monoisotopic (exact) mass is 307 g/mol. The van der Waals surface area contributed by atoms with Crippen LogP contribution in [0.5, 0.6) is 0 Å². The molecule has 0 radical (unpaired) electrons. The van der Waals surface area contributed by atoms with Crippen molar-refractivity contribution in [1.29, 1.82) is 0 Å². The van der Waals surface area contributed by atoms with Gasteiger partial charge in [0.15, 0.2) is 0 Å². The normalized spacial score (nSPS) is 22.5. The lowest BCUT2D eigenvalue weighted by molar-refractivity contribution is 0.0154. The molecule has 0 aromatic heterocycles. The molecule has 0 aliphatic carbocycles. The molecule has 2 rings (SSSR count). The van der Waals surface area contributed by atoms with Gasteiger partial charge in [0.05, 0.1) is 0 Å². The van der Waals surface area contributed by atoms with Crippen LogP contribution in [0.15, 0.2) is 24.3 Å². The number of ether oxygens (including phenoxy) is 1. The summed E-state index contributed by atoms with van der Waals surface area (Å²) in [5.41, 5.74) is 0.617. The first kappa shape index (κ1) is 16.8. The minimum atomic E-state index is -0.482. The molecule has 122 valence electrons. The van der Waals surface area contributed by atoms with Crippen LogP contribution in [0.2, 0.25) is 0 Å². The molecule has 2 atom stereocenters. The van der Waals surface area contributed by atoms with Crippen LogP contribution in [0.1, 0.15) is 52.0 Å². The molecule has 1 amide bonds. The maximum atomic E-state index is 13.1. The highest BCUT2D eigenvalue weighted by Gasteiger charge is 2.33. The SMILES string of the molecule is CCC1CCN(C(=O)OC(C)(C)C)CC1c1ccc(F)cc1. The maximum Gasteiger partial charge on any atom is 0.410 e.